The third-order valence-corrected chi connectivity index (χ3v) is 9.29. The maximum atomic E-state index is 11.4. The molecule has 7 aromatic rings. The second-order valence-electron chi connectivity index (χ2n) is 12.5. The zero-order valence-corrected chi connectivity index (χ0v) is 27.7. The number of aromatic nitrogens is 4. The minimum atomic E-state index is -0.400. The fraction of sp³-hybridized carbons (Fsp3) is 0. The Morgan fingerprint density at radius 1 is 0.462 bits per heavy atom. The van der Waals surface area contributed by atoms with Crippen LogP contribution in [0, 0.1) is 10.1 Å². The average Bonchev–Trinajstić information content (AvgIpc) is 4.03. The first-order valence-electron chi connectivity index (χ1n) is 16.9. The van der Waals surface area contributed by atoms with Gasteiger partial charge in [0.1, 0.15) is 0 Å². The molecular weight excluding hydrogens is 645 g/mol. The van der Waals surface area contributed by atoms with Crippen molar-refractivity contribution in [3.8, 4) is 33.4 Å². The molecule has 0 unspecified atom stereocenters. The number of anilines is 2. The van der Waals surface area contributed by atoms with E-state index in [1.807, 2.05) is 72.8 Å². The molecule has 0 aliphatic carbocycles. The van der Waals surface area contributed by atoms with Crippen molar-refractivity contribution >= 4 is 63.4 Å². The molecule has 8 nitrogen and oxygen atoms in total. The van der Waals surface area contributed by atoms with Gasteiger partial charge in [-0.05, 0) is 77.4 Å². The van der Waals surface area contributed by atoms with Crippen LogP contribution >= 0.6 is 0 Å². The number of rotatable bonds is 6. The number of aromatic amines is 2. The highest BCUT2D eigenvalue weighted by Gasteiger charge is 2.18. The first-order valence-corrected chi connectivity index (χ1v) is 16.9. The van der Waals surface area contributed by atoms with Gasteiger partial charge in [0.25, 0.3) is 5.69 Å². The summed E-state index contributed by atoms with van der Waals surface area (Å²) in [6, 6.07) is 45.6. The summed E-state index contributed by atoms with van der Waals surface area (Å²) in [6.07, 6.45) is 8.20. The van der Waals surface area contributed by atoms with Crippen LogP contribution in [0.25, 0.3) is 79.8 Å². The van der Waals surface area contributed by atoms with Crippen molar-refractivity contribution in [2.45, 2.75) is 0 Å². The van der Waals surface area contributed by atoms with Crippen molar-refractivity contribution in [2.75, 3.05) is 5.32 Å². The van der Waals surface area contributed by atoms with Crippen molar-refractivity contribution in [1.29, 1.82) is 0 Å². The van der Waals surface area contributed by atoms with Crippen molar-refractivity contribution < 1.29 is 4.92 Å². The predicted molar refractivity (Wildman–Crippen MR) is 212 cm³/mol. The minimum absolute atomic E-state index is 0.0215. The van der Waals surface area contributed by atoms with Crippen LogP contribution in [-0.2, 0) is 0 Å². The van der Waals surface area contributed by atoms with Gasteiger partial charge in [-0.3, -0.25) is 10.1 Å². The maximum Gasteiger partial charge on any atom is 0.269 e. The Bertz CT molecular complexity index is 2670. The molecule has 2 aliphatic rings. The van der Waals surface area contributed by atoms with Crippen LogP contribution in [0.2, 0.25) is 0 Å². The van der Waals surface area contributed by atoms with Gasteiger partial charge in [0.15, 0.2) is 0 Å². The van der Waals surface area contributed by atoms with Crippen LogP contribution in [0.3, 0.4) is 0 Å². The third kappa shape index (κ3) is 5.64. The van der Waals surface area contributed by atoms with Crippen LogP contribution in [0.1, 0.15) is 22.8 Å². The number of fused-ring (bicyclic) bond motifs is 8. The molecule has 8 bridgehead atoms. The number of hydrogen-bond acceptors (Lipinski definition) is 5. The zero-order valence-electron chi connectivity index (χ0n) is 27.7. The highest BCUT2D eigenvalue weighted by molar-refractivity contribution is 5.99. The molecule has 0 amide bonds. The summed E-state index contributed by atoms with van der Waals surface area (Å²) in [4.78, 5) is 29.0. The van der Waals surface area contributed by atoms with E-state index < -0.39 is 4.92 Å². The molecule has 52 heavy (non-hydrogen) atoms. The van der Waals surface area contributed by atoms with Crippen LogP contribution in [0.5, 0.6) is 0 Å². The SMILES string of the molecule is O=[N+]([O-])c1ccc(Nc2c3nc(c(-c4ccccc4)c4ccc([nH]4)c(-c4ccccc4)c4nc(c(-c5ccccc5)c5ccc2[nH]5)C=C4)C=C3)cc1. The van der Waals surface area contributed by atoms with E-state index in [9.17, 15) is 10.1 Å². The largest absolute Gasteiger partial charge is 0.354 e. The molecule has 5 heterocycles. The second kappa shape index (κ2) is 12.9. The van der Waals surface area contributed by atoms with Crippen LogP contribution in [-0.4, -0.2) is 24.9 Å². The number of nitro benzene ring substituents is 1. The van der Waals surface area contributed by atoms with Crippen LogP contribution < -0.4 is 5.32 Å². The lowest BCUT2D eigenvalue weighted by atomic mass is 10.0. The van der Waals surface area contributed by atoms with E-state index in [0.717, 1.165) is 78.2 Å². The first-order chi connectivity index (χ1) is 25.6. The fourth-order valence-electron chi connectivity index (χ4n) is 6.87. The smallest absolute Gasteiger partial charge is 0.269 e. The first kappa shape index (κ1) is 30.7. The summed E-state index contributed by atoms with van der Waals surface area (Å²) in [5.74, 6) is 0. The molecule has 0 saturated heterocycles. The molecule has 3 N–H and O–H groups in total. The van der Waals surface area contributed by atoms with Gasteiger partial charge in [-0.1, -0.05) is 91.0 Å². The molecule has 4 aromatic carbocycles. The van der Waals surface area contributed by atoms with Gasteiger partial charge in [-0.15, -0.1) is 0 Å². The summed E-state index contributed by atoms with van der Waals surface area (Å²) in [7, 11) is 0. The summed E-state index contributed by atoms with van der Waals surface area (Å²) in [5.41, 5.74) is 14.2. The molecule has 0 fully saturated rings. The molecule has 248 valence electrons. The quantitative estimate of drug-likeness (QED) is 0.120. The molecule has 9 rings (SSSR count). The topological polar surface area (TPSA) is 113 Å². The molecule has 3 aromatic heterocycles. The number of benzene rings is 4. The molecule has 0 radical (unpaired) electrons. The van der Waals surface area contributed by atoms with E-state index in [4.69, 9.17) is 9.97 Å². The van der Waals surface area contributed by atoms with E-state index in [1.165, 1.54) is 12.1 Å². The molecular formula is C44H30N6O2. The number of nitrogens with zero attached hydrogens (tertiary/aromatic N) is 3. The predicted octanol–water partition coefficient (Wildman–Crippen LogP) is 11.3. The van der Waals surface area contributed by atoms with Gasteiger partial charge in [-0.2, -0.15) is 0 Å². The summed E-state index contributed by atoms with van der Waals surface area (Å²) in [6.45, 7) is 0. The Morgan fingerprint density at radius 3 is 1.29 bits per heavy atom. The number of nitrogens with one attached hydrogen (secondary N) is 3. The van der Waals surface area contributed by atoms with E-state index in [1.54, 1.807) is 12.1 Å². The monoisotopic (exact) mass is 674 g/mol. The summed E-state index contributed by atoms with van der Waals surface area (Å²) in [5, 5.41) is 14.9. The van der Waals surface area contributed by atoms with E-state index in [2.05, 4.69) is 82.0 Å². The Hall–Kier alpha value is -7.32. The van der Waals surface area contributed by atoms with Gasteiger partial charge in [0.2, 0.25) is 0 Å². The molecule has 8 heteroatoms. The Labute approximate surface area is 298 Å². The lowest BCUT2D eigenvalue weighted by Gasteiger charge is -2.08. The van der Waals surface area contributed by atoms with Crippen molar-refractivity contribution in [3.05, 3.63) is 172 Å². The summed E-state index contributed by atoms with van der Waals surface area (Å²) >= 11 is 0. The highest BCUT2D eigenvalue weighted by Crippen LogP contribution is 2.38. The van der Waals surface area contributed by atoms with E-state index >= 15 is 0 Å². The van der Waals surface area contributed by atoms with Gasteiger partial charge in [-0.25, -0.2) is 9.97 Å². The Morgan fingerprint density at radius 2 is 0.846 bits per heavy atom. The Kier molecular flexibility index (Phi) is 7.59. The lowest BCUT2D eigenvalue weighted by molar-refractivity contribution is -0.384. The van der Waals surface area contributed by atoms with Gasteiger partial charge in [0, 0.05) is 51.1 Å². The molecule has 0 saturated carbocycles. The second-order valence-corrected chi connectivity index (χ2v) is 12.5. The minimum Gasteiger partial charge on any atom is -0.354 e. The highest BCUT2D eigenvalue weighted by atomic mass is 16.6. The molecule has 0 atom stereocenters. The van der Waals surface area contributed by atoms with Crippen molar-refractivity contribution in [2.24, 2.45) is 0 Å². The zero-order chi connectivity index (χ0) is 35.0. The molecule has 2 aliphatic heterocycles. The van der Waals surface area contributed by atoms with E-state index in [-0.39, 0.29) is 5.69 Å². The number of hydrogen-bond donors (Lipinski definition) is 3. The normalized spacial score (nSPS) is 11.8. The molecule has 0 spiro atoms. The lowest BCUT2D eigenvalue weighted by Crippen LogP contribution is -1.95. The van der Waals surface area contributed by atoms with Gasteiger partial charge < -0.3 is 15.3 Å². The Balaban J connectivity index is 1.41. The fourth-order valence-corrected chi connectivity index (χ4v) is 6.87. The van der Waals surface area contributed by atoms with Crippen LogP contribution in [0.15, 0.2) is 140 Å². The van der Waals surface area contributed by atoms with Crippen LogP contribution in [0.4, 0.5) is 17.1 Å². The van der Waals surface area contributed by atoms with E-state index in [0.29, 0.717) is 11.4 Å². The van der Waals surface area contributed by atoms with Gasteiger partial charge >= 0.3 is 0 Å². The standard InChI is InChI=1S/C44H30N6O2/c51-50(52)32-18-16-31(17-19-32)45-44-39-26-24-37(48-39)42(29-12-6-2-7-13-29)35-22-20-33(46-35)41(28-10-4-1-5-11-28)34-21-23-36(47-34)43(30-14-8-3-9-15-30)38-25-27-40(44)49-38/h1-27,45-46,49H. The number of nitro groups is 1. The number of non-ortho nitro benzene ring substituents is 1. The maximum absolute atomic E-state index is 11.4. The van der Waals surface area contributed by atoms with Crippen molar-refractivity contribution in [1.82, 2.24) is 19.9 Å². The summed E-state index contributed by atoms with van der Waals surface area (Å²) < 4.78 is 0. The van der Waals surface area contributed by atoms with Gasteiger partial charge in [0.05, 0.1) is 38.9 Å². The van der Waals surface area contributed by atoms with Crippen molar-refractivity contribution in [3.63, 3.8) is 0 Å². The average molecular weight is 675 g/mol. The third-order valence-electron chi connectivity index (χ3n) is 9.29. The number of H-pyrrole nitrogens is 2.